The van der Waals surface area contributed by atoms with Gasteiger partial charge in [-0.1, -0.05) is 0 Å². The van der Waals surface area contributed by atoms with E-state index in [1.54, 1.807) is 17.9 Å². The standard InChI is InChI=1S/C11H13NO3S/c1-7-6-8(16-9(7)11(14)15)10(13)12-4-2-3-5-12/h6H,2-5H2,1H3,(H,14,15). The lowest BCUT2D eigenvalue weighted by Gasteiger charge is -2.13. The molecule has 1 aromatic heterocycles. The van der Waals surface area contributed by atoms with Crippen molar-refractivity contribution >= 4 is 23.2 Å². The molecule has 16 heavy (non-hydrogen) atoms. The molecule has 0 unspecified atom stereocenters. The van der Waals surface area contributed by atoms with Crippen molar-refractivity contribution < 1.29 is 14.7 Å². The van der Waals surface area contributed by atoms with Gasteiger partial charge in [-0.3, -0.25) is 4.79 Å². The van der Waals surface area contributed by atoms with E-state index in [4.69, 9.17) is 5.11 Å². The topological polar surface area (TPSA) is 57.6 Å². The summed E-state index contributed by atoms with van der Waals surface area (Å²) < 4.78 is 0. The van der Waals surface area contributed by atoms with Gasteiger partial charge in [0, 0.05) is 13.1 Å². The number of carboxylic acid groups (broad SMARTS) is 1. The lowest BCUT2D eigenvalue weighted by Crippen LogP contribution is -2.26. The largest absolute Gasteiger partial charge is 0.477 e. The zero-order chi connectivity index (χ0) is 11.7. The number of carbonyl (C=O) groups is 2. The molecule has 4 nitrogen and oxygen atoms in total. The van der Waals surface area contributed by atoms with Crippen molar-refractivity contribution in [1.82, 2.24) is 4.90 Å². The molecule has 1 aliphatic heterocycles. The van der Waals surface area contributed by atoms with Gasteiger partial charge in [-0.25, -0.2) is 4.79 Å². The van der Waals surface area contributed by atoms with Gasteiger partial charge in [0.25, 0.3) is 5.91 Å². The van der Waals surface area contributed by atoms with Crippen molar-refractivity contribution in [3.8, 4) is 0 Å². The maximum atomic E-state index is 12.0. The molecule has 1 aromatic rings. The van der Waals surface area contributed by atoms with Crippen LogP contribution < -0.4 is 0 Å². The SMILES string of the molecule is Cc1cc(C(=O)N2CCCC2)sc1C(=O)O. The summed E-state index contributed by atoms with van der Waals surface area (Å²) in [4.78, 5) is 25.4. The first-order chi connectivity index (χ1) is 7.59. The third-order valence-electron chi connectivity index (χ3n) is 2.72. The molecular formula is C11H13NO3S. The van der Waals surface area contributed by atoms with Gasteiger partial charge in [-0.05, 0) is 31.4 Å². The second-order valence-corrected chi connectivity index (χ2v) is 4.98. The number of thiophene rings is 1. The van der Waals surface area contributed by atoms with E-state index >= 15 is 0 Å². The average molecular weight is 239 g/mol. The summed E-state index contributed by atoms with van der Waals surface area (Å²) >= 11 is 1.07. The molecule has 1 aliphatic rings. The Morgan fingerprint density at radius 1 is 1.38 bits per heavy atom. The summed E-state index contributed by atoms with van der Waals surface area (Å²) in [6.07, 6.45) is 2.09. The molecule has 2 heterocycles. The highest BCUT2D eigenvalue weighted by Gasteiger charge is 2.23. The van der Waals surface area contributed by atoms with Gasteiger partial charge in [0.1, 0.15) is 4.88 Å². The van der Waals surface area contributed by atoms with E-state index in [2.05, 4.69) is 0 Å². The number of amides is 1. The number of nitrogens with zero attached hydrogens (tertiary/aromatic N) is 1. The molecule has 0 atom stereocenters. The van der Waals surface area contributed by atoms with Crippen LogP contribution >= 0.6 is 11.3 Å². The fourth-order valence-electron chi connectivity index (χ4n) is 1.88. The highest BCUT2D eigenvalue weighted by molar-refractivity contribution is 7.16. The monoisotopic (exact) mass is 239 g/mol. The van der Waals surface area contributed by atoms with Gasteiger partial charge in [0.2, 0.25) is 0 Å². The van der Waals surface area contributed by atoms with Crippen LogP contribution in [0.25, 0.3) is 0 Å². The van der Waals surface area contributed by atoms with Crippen LogP contribution in [0, 0.1) is 6.92 Å². The van der Waals surface area contributed by atoms with Crippen LogP contribution in [-0.2, 0) is 0 Å². The Hall–Kier alpha value is -1.36. The molecular weight excluding hydrogens is 226 g/mol. The Kier molecular flexibility index (Phi) is 2.96. The Morgan fingerprint density at radius 2 is 2.00 bits per heavy atom. The molecule has 5 heteroatoms. The number of aromatic carboxylic acids is 1. The molecule has 1 amide bonds. The van der Waals surface area contributed by atoms with Crippen molar-refractivity contribution in [1.29, 1.82) is 0 Å². The van der Waals surface area contributed by atoms with Crippen LogP contribution in [0.5, 0.6) is 0 Å². The predicted molar refractivity (Wildman–Crippen MR) is 61.2 cm³/mol. The number of carboxylic acids is 1. The number of hydrogen-bond donors (Lipinski definition) is 1. The molecule has 0 saturated carbocycles. The summed E-state index contributed by atoms with van der Waals surface area (Å²) in [6, 6.07) is 1.68. The third-order valence-corrected chi connectivity index (χ3v) is 3.93. The summed E-state index contributed by atoms with van der Waals surface area (Å²) in [7, 11) is 0. The van der Waals surface area contributed by atoms with Crippen molar-refractivity contribution in [3.63, 3.8) is 0 Å². The van der Waals surface area contributed by atoms with Gasteiger partial charge in [0.15, 0.2) is 0 Å². The minimum Gasteiger partial charge on any atom is -0.477 e. The van der Waals surface area contributed by atoms with Crippen LogP contribution in [0.2, 0.25) is 0 Å². The Bertz CT molecular complexity index is 432. The molecule has 1 N–H and O–H groups in total. The fourth-order valence-corrected chi connectivity index (χ4v) is 2.86. The highest BCUT2D eigenvalue weighted by Crippen LogP contribution is 2.24. The quantitative estimate of drug-likeness (QED) is 0.858. The number of likely N-dealkylation sites (tertiary alicyclic amines) is 1. The molecule has 1 saturated heterocycles. The summed E-state index contributed by atoms with van der Waals surface area (Å²) in [5.74, 6) is -0.985. The molecule has 86 valence electrons. The van der Waals surface area contributed by atoms with E-state index in [0.29, 0.717) is 10.4 Å². The minimum atomic E-state index is -0.956. The Labute approximate surface area is 97.5 Å². The first-order valence-corrected chi connectivity index (χ1v) is 6.04. The van der Waals surface area contributed by atoms with Crippen molar-refractivity contribution in [2.24, 2.45) is 0 Å². The maximum Gasteiger partial charge on any atom is 0.346 e. The number of rotatable bonds is 2. The molecule has 2 rings (SSSR count). The summed E-state index contributed by atoms with van der Waals surface area (Å²) in [6.45, 7) is 3.30. The molecule has 0 aliphatic carbocycles. The van der Waals surface area contributed by atoms with E-state index in [1.807, 2.05) is 0 Å². The second-order valence-electron chi connectivity index (χ2n) is 3.93. The van der Waals surface area contributed by atoms with Crippen molar-refractivity contribution in [2.45, 2.75) is 19.8 Å². The average Bonchev–Trinajstić information content (AvgIpc) is 2.84. The lowest BCUT2D eigenvalue weighted by atomic mass is 10.2. The van der Waals surface area contributed by atoms with Crippen molar-refractivity contribution in [3.05, 3.63) is 21.4 Å². The van der Waals surface area contributed by atoms with Crippen LogP contribution in [0.15, 0.2) is 6.07 Å². The van der Waals surface area contributed by atoms with Gasteiger partial charge in [-0.15, -0.1) is 11.3 Å². The lowest BCUT2D eigenvalue weighted by molar-refractivity contribution is 0.0701. The summed E-state index contributed by atoms with van der Waals surface area (Å²) in [5, 5.41) is 8.91. The van der Waals surface area contributed by atoms with Gasteiger partial charge in [-0.2, -0.15) is 0 Å². The fraction of sp³-hybridized carbons (Fsp3) is 0.455. The number of hydrogen-bond acceptors (Lipinski definition) is 3. The van der Waals surface area contributed by atoms with Gasteiger partial charge >= 0.3 is 5.97 Å². The van der Waals surface area contributed by atoms with E-state index in [1.165, 1.54) is 0 Å². The zero-order valence-corrected chi connectivity index (χ0v) is 9.84. The molecule has 1 fully saturated rings. The number of aryl methyl sites for hydroxylation is 1. The molecule has 0 spiro atoms. The molecule has 0 bridgehead atoms. The van der Waals surface area contributed by atoms with Crippen molar-refractivity contribution in [2.75, 3.05) is 13.1 Å². The van der Waals surface area contributed by atoms with Crippen LogP contribution in [0.4, 0.5) is 0 Å². The van der Waals surface area contributed by atoms with E-state index in [-0.39, 0.29) is 10.8 Å². The smallest absolute Gasteiger partial charge is 0.346 e. The highest BCUT2D eigenvalue weighted by atomic mass is 32.1. The third kappa shape index (κ3) is 1.95. The van der Waals surface area contributed by atoms with E-state index < -0.39 is 5.97 Å². The number of carbonyl (C=O) groups excluding carboxylic acids is 1. The predicted octanol–water partition coefficient (Wildman–Crippen LogP) is 1.99. The first kappa shape index (κ1) is 11.1. The Morgan fingerprint density at radius 3 is 2.50 bits per heavy atom. The second kappa shape index (κ2) is 4.25. The minimum absolute atomic E-state index is 0.0295. The maximum absolute atomic E-state index is 12.0. The van der Waals surface area contributed by atoms with Crippen LogP contribution in [0.1, 0.15) is 37.7 Å². The zero-order valence-electron chi connectivity index (χ0n) is 9.02. The van der Waals surface area contributed by atoms with Gasteiger partial charge in [0.05, 0.1) is 4.88 Å². The molecule has 0 radical (unpaired) electrons. The van der Waals surface area contributed by atoms with E-state index in [9.17, 15) is 9.59 Å². The van der Waals surface area contributed by atoms with Crippen LogP contribution in [0.3, 0.4) is 0 Å². The first-order valence-electron chi connectivity index (χ1n) is 5.22. The normalized spacial score (nSPS) is 15.4. The van der Waals surface area contributed by atoms with Crippen LogP contribution in [-0.4, -0.2) is 35.0 Å². The Balaban J connectivity index is 2.23. The summed E-state index contributed by atoms with van der Waals surface area (Å²) in [5.41, 5.74) is 0.667. The molecule has 0 aromatic carbocycles. The van der Waals surface area contributed by atoms with E-state index in [0.717, 1.165) is 37.3 Å². The van der Waals surface area contributed by atoms with Gasteiger partial charge < -0.3 is 10.0 Å².